The van der Waals surface area contributed by atoms with Crippen LogP contribution in [0.5, 0.6) is 0 Å². The number of amides is 1. The average Bonchev–Trinajstić information content (AvgIpc) is 3.19. The van der Waals surface area contributed by atoms with Crippen molar-refractivity contribution >= 4 is 44.2 Å². The second kappa shape index (κ2) is 10.1. The van der Waals surface area contributed by atoms with Gasteiger partial charge in [0.15, 0.2) is 0 Å². The van der Waals surface area contributed by atoms with Crippen molar-refractivity contribution < 1.29 is 32.1 Å². The summed E-state index contributed by atoms with van der Waals surface area (Å²) in [6.07, 6.45) is 0. The molecular formula is C27H24N2O8S. The zero-order valence-corrected chi connectivity index (χ0v) is 21.9. The van der Waals surface area contributed by atoms with Crippen LogP contribution in [-0.2, 0) is 14.8 Å². The number of non-ortho nitro benzene ring substituents is 1. The van der Waals surface area contributed by atoms with Gasteiger partial charge >= 0.3 is 5.97 Å². The van der Waals surface area contributed by atoms with E-state index >= 15 is 0 Å². The Morgan fingerprint density at radius 1 is 1.00 bits per heavy atom. The molecule has 0 fully saturated rings. The fourth-order valence-corrected chi connectivity index (χ4v) is 5.80. The molecule has 1 aromatic heterocycles. The van der Waals surface area contributed by atoms with Gasteiger partial charge in [0.2, 0.25) is 0 Å². The summed E-state index contributed by atoms with van der Waals surface area (Å²) in [5, 5.41) is 11.3. The number of anilines is 1. The van der Waals surface area contributed by atoms with Crippen molar-refractivity contribution in [1.82, 2.24) is 0 Å². The van der Waals surface area contributed by atoms with Crippen molar-refractivity contribution in [2.45, 2.75) is 32.6 Å². The van der Waals surface area contributed by atoms with Crippen molar-refractivity contribution in [3.05, 3.63) is 98.8 Å². The van der Waals surface area contributed by atoms with Gasteiger partial charge in [-0.25, -0.2) is 13.2 Å². The van der Waals surface area contributed by atoms with Crippen LogP contribution in [0, 0.1) is 30.9 Å². The lowest BCUT2D eigenvalue weighted by molar-refractivity contribution is -0.384. The van der Waals surface area contributed by atoms with E-state index in [-0.39, 0.29) is 45.2 Å². The van der Waals surface area contributed by atoms with Gasteiger partial charge in [-0.1, -0.05) is 17.7 Å². The van der Waals surface area contributed by atoms with Gasteiger partial charge in [0.25, 0.3) is 21.6 Å². The maximum absolute atomic E-state index is 14.0. The summed E-state index contributed by atoms with van der Waals surface area (Å²) in [5.74, 6) is -1.30. The number of carbonyl (C=O) groups is 2. The van der Waals surface area contributed by atoms with Gasteiger partial charge in [-0.15, -0.1) is 0 Å². The molecule has 0 saturated carbocycles. The summed E-state index contributed by atoms with van der Waals surface area (Å²) in [6, 6.07) is 13.6. The lowest BCUT2D eigenvalue weighted by atomic mass is 10.1. The Hall–Kier alpha value is -4.51. The molecule has 11 heteroatoms. The van der Waals surface area contributed by atoms with E-state index in [1.54, 1.807) is 32.9 Å². The lowest BCUT2D eigenvalue weighted by Gasteiger charge is -2.24. The number of sulfonamides is 1. The molecule has 38 heavy (non-hydrogen) atoms. The summed E-state index contributed by atoms with van der Waals surface area (Å²) >= 11 is 0. The summed E-state index contributed by atoms with van der Waals surface area (Å²) in [6.45, 7) is 6.79. The van der Waals surface area contributed by atoms with Gasteiger partial charge in [0.1, 0.15) is 16.9 Å². The lowest BCUT2D eigenvalue weighted by Crippen LogP contribution is -2.37. The molecule has 1 heterocycles. The van der Waals surface area contributed by atoms with Crippen LogP contribution in [0.3, 0.4) is 0 Å². The molecule has 1 amide bonds. The number of nitro groups is 1. The number of fused-ring (bicyclic) bond motifs is 1. The van der Waals surface area contributed by atoms with Gasteiger partial charge in [0, 0.05) is 23.1 Å². The number of hydrogen-bond acceptors (Lipinski definition) is 8. The minimum absolute atomic E-state index is 0.0489. The maximum atomic E-state index is 14.0. The number of aryl methyl sites for hydroxylation is 3. The third kappa shape index (κ3) is 4.75. The summed E-state index contributed by atoms with van der Waals surface area (Å²) in [5.41, 5.74) is 1.31. The second-order valence-electron chi connectivity index (χ2n) is 8.58. The monoisotopic (exact) mass is 536 g/mol. The SMILES string of the molecule is CCOC(=O)c1c(C)oc2ccc(N(C(=O)c3ccc([N+](=O)[O-])cc3)S(=O)(=O)c3ccc(C)cc3C)cc12. The van der Waals surface area contributed by atoms with Crippen molar-refractivity contribution in [2.24, 2.45) is 0 Å². The van der Waals surface area contributed by atoms with Gasteiger partial charge in [-0.2, -0.15) is 4.31 Å². The summed E-state index contributed by atoms with van der Waals surface area (Å²) < 4.78 is 39.4. The highest BCUT2D eigenvalue weighted by Gasteiger charge is 2.34. The number of hydrogen-bond donors (Lipinski definition) is 0. The Kier molecular flexibility index (Phi) is 7.05. The standard InChI is InChI=1S/C27H24N2O8S/c1-5-36-27(31)25-18(4)37-23-12-11-21(15-22(23)25)28(26(30)19-7-9-20(10-8-19)29(32)33)38(34,35)24-13-6-16(2)14-17(24)3/h6-15H,5H2,1-4H3. The Bertz CT molecular complexity index is 1690. The first-order valence-corrected chi connectivity index (χ1v) is 13.0. The number of carbonyl (C=O) groups excluding carboxylic acids is 2. The highest BCUT2D eigenvalue weighted by atomic mass is 32.2. The van der Waals surface area contributed by atoms with Crippen LogP contribution < -0.4 is 4.31 Å². The van der Waals surface area contributed by atoms with Crippen LogP contribution in [0.4, 0.5) is 11.4 Å². The van der Waals surface area contributed by atoms with Crippen LogP contribution in [0.1, 0.15) is 44.5 Å². The number of esters is 1. The molecule has 196 valence electrons. The van der Waals surface area contributed by atoms with Crippen LogP contribution in [0.25, 0.3) is 11.0 Å². The maximum Gasteiger partial charge on any atom is 0.342 e. The first kappa shape index (κ1) is 26.6. The minimum Gasteiger partial charge on any atom is -0.462 e. The summed E-state index contributed by atoms with van der Waals surface area (Å²) in [7, 11) is -4.48. The number of benzene rings is 3. The van der Waals surface area contributed by atoms with E-state index in [0.717, 1.165) is 17.7 Å². The minimum atomic E-state index is -4.48. The first-order chi connectivity index (χ1) is 17.9. The van der Waals surface area contributed by atoms with Crippen LogP contribution >= 0.6 is 0 Å². The first-order valence-electron chi connectivity index (χ1n) is 11.6. The molecule has 3 aromatic carbocycles. The van der Waals surface area contributed by atoms with Crippen LogP contribution in [0.15, 0.2) is 70.0 Å². The third-order valence-corrected chi connectivity index (χ3v) is 7.79. The highest BCUT2D eigenvalue weighted by Crippen LogP contribution is 2.34. The van der Waals surface area contributed by atoms with E-state index < -0.39 is 26.8 Å². The number of rotatable bonds is 7. The van der Waals surface area contributed by atoms with E-state index in [9.17, 15) is 28.1 Å². The van der Waals surface area contributed by atoms with E-state index in [2.05, 4.69) is 0 Å². The topological polar surface area (TPSA) is 137 Å². The molecule has 0 unspecified atom stereocenters. The highest BCUT2D eigenvalue weighted by molar-refractivity contribution is 7.93. The zero-order valence-electron chi connectivity index (χ0n) is 21.0. The van der Waals surface area contributed by atoms with Gasteiger partial charge in [-0.05, 0) is 69.7 Å². The molecule has 0 N–H and O–H groups in total. The van der Waals surface area contributed by atoms with E-state index in [0.29, 0.717) is 15.5 Å². The molecule has 0 spiro atoms. The molecule has 0 aliphatic heterocycles. The molecule has 4 rings (SSSR count). The van der Waals surface area contributed by atoms with Crippen LogP contribution in [-0.4, -0.2) is 31.8 Å². The fourth-order valence-electron chi connectivity index (χ4n) is 4.19. The molecule has 0 radical (unpaired) electrons. The Labute approximate surface area is 218 Å². The largest absolute Gasteiger partial charge is 0.462 e. The molecule has 0 bridgehead atoms. The molecular weight excluding hydrogens is 512 g/mol. The van der Waals surface area contributed by atoms with Crippen molar-refractivity contribution in [1.29, 1.82) is 0 Å². The molecule has 0 saturated heterocycles. The zero-order chi connectivity index (χ0) is 27.8. The van der Waals surface area contributed by atoms with E-state index in [1.807, 2.05) is 6.92 Å². The Balaban J connectivity index is 1.95. The predicted molar refractivity (Wildman–Crippen MR) is 140 cm³/mol. The fraction of sp³-hybridized carbons (Fsp3) is 0.185. The number of nitro benzene ring substituents is 1. The van der Waals surface area contributed by atoms with Crippen molar-refractivity contribution in [2.75, 3.05) is 10.9 Å². The smallest absolute Gasteiger partial charge is 0.342 e. The third-order valence-electron chi connectivity index (χ3n) is 5.92. The van der Waals surface area contributed by atoms with Gasteiger partial charge < -0.3 is 9.15 Å². The molecule has 4 aromatic rings. The second-order valence-corrected chi connectivity index (χ2v) is 10.3. The Morgan fingerprint density at radius 2 is 1.68 bits per heavy atom. The quantitative estimate of drug-likeness (QED) is 0.172. The number of nitrogens with zero attached hydrogens (tertiary/aromatic N) is 2. The summed E-state index contributed by atoms with van der Waals surface area (Å²) in [4.78, 5) is 36.7. The van der Waals surface area contributed by atoms with Crippen molar-refractivity contribution in [3.8, 4) is 0 Å². The van der Waals surface area contributed by atoms with E-state index in [1.165, 1.54) is 36.4 Å². The molecule has 0 atom stereocenters. The van der Waals surface area contributed by atoms with E-state index in [4.69, 9.17) is 9.15 Å². The van der Waals surface area contributed by atoms with Gasteiger partial charge in [0.05, 0.1) is 22.1 Å². The van der Waals surface area contributed by atoms with Crippen LogP contribution in [0.2, 0.25) is 0 Å². The number of furan rings is 1. The number of ether oxygens (including phenoxy) is 1. The van der Waals surface area contributed by atoms with Crippen molar-refractivity contribution in [3.63, 3.8) is 0 Å². The molecule has 10 nitrogen and oxygen atoms in total. The normalized spacial score (nSPS) is 11.4. The van der Waals surface area contributed by atoms with Gasteiger partial charge in [-0.3, -0.25) is 14.9 Å². The predicted octanol–water partition coefficient (Wildman–Crippen LogP) is 5.48. The molecule has 0 aliphatic carbocycles. The average molecular weight is 537 g/mol. The molecule has 0 aliphatic rings. The Morgan fingerprint density at radius 3 is 2.29 bits per heavy atom.